The van der Waals surface area contributed by atoms with E-state index in [4.69, 9.17) is 23.2 Å². The van der Waals surface area contributed by atoms with Crippen LogP contribution in [0.25, 0.3) is 0 Å². The van der Waals surface area contributed by atoms with Crippen molar-refractivity contribution in [1.29, 1.82) is 0 Å². The van der Waals surface area contributed by atoms with E-state index >= 15 is 0 Å². The average Bonchev–Trinajstić information content (AvgIpc) is 2.43. The lowest BCUT2D eigenvalue weighted by atomic mass is 9.81. The highest BCUT2D eigenvalue weighted by atomic mass is 35.5. The molecule has 0 saturated heterocycles. The lowest BCUT2D eigenvalue weighted by Crippen LogP contribution is -2.24. The maximum absolute atomic E-state index is 13.6. The van der Waals surface area contributed by atoms with Gasteiger partial charge in [-0.2, -0.15) is 0 Å². The van der Waals surface area contributed by atoms with E-state index in [1.165, 1.54) is 38.2 Å². The van der Waals surface area contributed by atoms with Gasteiger partial charge in [0.25, 0.3) is 0 Å². The molecule has 0 heterocycles. The third kappa shape index (κ3) is 4.58. The van der Waals surface area contributed by atoms with Gasteiger partial charge in [-0.1, -0.05) is 49.4 Å². The van der Waals surface area contributed by atoms with Crippen LogP contribution in [0.15, 0.2) is 12.1 Å². The molecule has 21 heavy (non-hydrogen) atoms. The van der Waals surface area contributed by atoms with Crippen LogP contribution in [-0.2, 0) is 0 Å². The second kappa shape index (κ2) is 7.80. The summed E-state index contributed by atoms with van der Waals surface area (Å²) < 4.78 is 13.6. The van der Waals surface area contributed by atoms with Crippen LogP contribution in [0.4, 0.5) is 4.39 Å². The fourth-order valence-electron chi connectivity index (χ4n) is 3.37. The average molecular weight is 332 g/mol. The molecule has 1 fully saturated rings. The van der Waals surface area contributed by atoms with Crippen LogP contribution < -0.4 is 5.32 Å². The summed E-state index contributed by atoms with van der Waals surface area (Å²) in [7, 11) is 0. The zero-order valence-electron chi connectivity index (χ0n) is 12.8. The molecular weight excluding hydrogens is 308 g/mol. The first-order valence-electron chi connectivity index (χ1n) is 7.85. The normalized spacial score (nSPS) is 24.0. The Morgan fingerprint density at radius 3 is 2.81 bits per heavy atom. The van der Waals surface area contributed by atoms with E-state index in [0.717, 1.165) is 18.4 Å². The summed E-state index contributed by atoms with van der Waals surface area (Å²) in [6.07, 6.45) is 6.55. The SMILES string of the molecule is CC1CCCC(CCNC(C)c2c(Cl)ccc(F)c2Cl)C1. The van der Waals surface area contributed by atoms with Gasteiger partial charge < -0.3 is 5.32 Å². The van der Waals surface area contributed by atoms with E-state index < -0.39 is 5.82 Å². The summed E-state index contributed by atoms with van der Waals surface area (Å²) in [6.45, 7) is 5.24. The third-order valence-corrected chi connectivity index (χ3v) is 5.27. The highest BCUT2D eigenvalue weighted by molar-refractivity contribution is 6.36. The standard InChI is InChI=1S/C17H24Cl2FN/c1-11-4-3-5-13(10-11)8-9-21-12(2)16-14(18)6-7-15(20)17(16)19/h6-7,11-13,21H,3-5,8-10H2,1-2H3. The first-order valence-corrected chi connectivity index (χ1v) is 8.61. The molecule has 0 radical (unpaired) electrons. The van der Waals surface area contributed by atoms with E-state index in [2.05, 4.69) is 12.2 Å². The molecule has 3 atom stereocenters. The lowest BCUT2D eigenvalue weighted by Gasteiger charge is -2.27. The van der Waals surface area contributed by atoms with Crippen molar-refractivity contribution in [3.8, 4) is 0 Å². The molecule has 1 N–H and O–H groups in total. The van der Waals surface area contributed by atoms with Gasteiger partial charge >= 0.3 is 0 Å². The highest BCUT2D eigenvalue weighted by Gasteiger charge is 2.20. The number of nitrogens with one attached hydrogen (secondary N) is 1. The molecule has 1 aromatic carbocycles. The molecule has 0 spiro atoms. The van der Waals surface area contributed by atoms with Gasteiger partial charge in [0, 0.05) is 16.6 Å². The van der Waals surface area contributed by atoms with Gasteiger partial charge in [0.05, 0.1) is 5.02 Å². The van der Waals surface area contributed by atoms with Crippen LogP contribution in [-0.4, -0.2) is 6.54 Å². The molecule has 0 amide bonds. The van der Waals surface area contributed by atoms with E-state index in [9.17, 15) is 4.39 Å². The van der Waals surface area contributed by atoms with Crippen LogP contribution in [0.5, 0.6) is 0 Å². The van der Waals surface area contributed by atoms with E-state index in [0.29, 0.717) is 10.6 Å². The van der Waals surface area contributed by atoms with Crippen molar-refractivity contribution in [2.24, 2.45) is 11.8 Å². The Hall–Kier alpha value is -0.310. The minimum absolute atomic E-state index is 0.0401. The van der Waals surface area contributed by atoms with Crippen molar-refractivity contribution in [2.45, 2.75) is 52.0 Å². The molecule has 1 nitrogen and oxygen atoms in total. The molecule has 4 heteroatoms. The van der Waals surface area contributed by atoms with Crippen molar-refractivity contribution in [2.75, 3.05) is 6.54 Å². The Balaban J connectivity index is 1.87. The van der Waals surface area contributed by atoms with Crippen molar-refractivity contribution in [3.63, 3.8) is 0 Å². The second-order valence-corrected chi connectivity index (χ2v) is 7.14. The van der Waals surface area contributed by atoms with Crippen molar-refractivity contribution < 1.29 is 4.39 Å². The maximum atomic E-state index is 13.6. The molecule has 0 bridgehead atoms. The molecule has 0 aromatic heterocycles. The molecule has 1 aliphatic rings. The van der Waals surface area contributed by atoms with Gasteiger partial charge in [-0.05, 0) is 50.3 Å². The van der Waals surface area contributed by atoms with Crippen LogP contribution >= 0.6 is 23.2 Å². The second-order valence-electron chi connectivity index (χ2n) is 6.36. The Kier molecular flexibility index (Phi) is 6.34. The molecule has 2 rings (SSSR count). The minimum Gasteiger partial charge on any atom is -0.310 e. The van der Waals surface area contributed by atoms with Gasteiger partial charge in [0.2, 0.25) is 0 Å². The van der Waals surface area contributed by atoms with E-state index in [1.807, 2.05) is 6.92 Å². The monoisotopic (exact) mass is 331 g/mol. The zero-order chi connectivity index (χ0) is 15.4. The number of halogens is 3. The molecule has 1 aliphatic carbocycles. The van der Waals surface area contributed by atoms with Gasteiger partial charge in [-0.25, -0.2) is 4.39 Å². The predicted molar refractivity (Wildman–Crippen MR) is 88.6 cm³/mol. The predicted octanol–water partition coefficient (Wildman–Crippen LogP) is 6.00. The molecular formula is C17H24Cl2FN. The van der Waals surface area contributed by atoms with Crippen LogP contribution in [0.1, 0.15) is 57.6 Å². The molecule has 1 saturated carbocycles. The van der Waals surface area contributed by atoms with E-state index in [1.54, 1.807) is 6.07 Å². The molecule has 0 aliphatic heterocycles. The number of hydrogen-bond donors (Lipinski definition) is 1. The fourth-order valence-corrected chi connectivity index (χ4v) is 4.07. The third-order valence-electron chi connectivity index (χ3n) is 4.56. The number of benzene rings is 1. The largest absolute Gasteiger partial charge is 0.310 e. The quantitative estimate of drug-likeness (QED) is 0.652. The first kappa shape index (κ1) is 17.1. The van der Waals surface area contributed by atoms with Crippen molar-refractivity contribution in [1.82, 2.24) is 5.32 Å². The highest BCUT2D eigenvalue weighted by Crippen LogP contribution is 2.33. The van der Waals surface area contributed by atoms with Crippen molar-refractivity contribution in [3.05, 3.63) is 33.6 Å². The summed E-state index contributed by atoms with van der Waals surface area (Å²) in [5, 5.41) is 4.09. The van der Waals surface area contributed by atoms with Gasteiger partial charge in [0.15, 0.2) is 0 Å². The van der Waals surface area contributed by atoms with E-state index in [-0.39, 0.29) is 11.1 Å². The van der Waals surface area contributed by atoms with Gasteiger partial charge in [0.1, 0.15) is 5.82 Å². The first-order chi connectivity index (χ1) is 9.99. The Labute approximate surface area is 137 Å². The van der Waals surface area contributed by atoms with Crippen LogP contribution in [0.2, 0.25) is 10.0 Å². The summed E-state index contributed by atoms with van der Waals surface area (Å²) in [4.78, 5) is 0. The topological polar surface area (TPSA) is 12.0 Å². The summed E-state index contributed by atoms with van der Waals surface area (Å²) in [5.74, 6) is 1.26. The summed E-state index contributed by atoms with van der Waals surface area (Å²) in [5.41, 5.74) is 0.662. The summed E-state index contributed by atoms with van der Waals surface area (Å²) in [6, 6.07) is 2.84. The van der Waals surface area contributed by atoms with Gasteiger partial charge in [-0.3, -0.25) is 0 Å². The number of hydrogen-bond acceptors (Lipinski definition) is 1. The zero-order valence-corrected chi connectivity index (χ0v) is 14.3. The lowest BCUT2D eigenvalue weighted by molar-refractivity contribution is 0.265. The van der Waals surface area contributed by atoms with Crippen LogP contribution in [0.3, 0.4) is 0 Å². The van der Waals surface area contributed by atoms with Gasteiger partial charge in [-0.15, -0.1) is 0 Å². The summed E-state index contributed by atoms with van der Waals surface area (Å²) >= 11 is 12.2. The molecule has 1 aromatic rings. The molecule has 3 unspecified atom stereocenters. The van der Waals surface area contributed by atoms with Crippen LogP contribution in [0, 0.1) is 17.7 Å². The number of rotatable bonds is 5. The molecule has 118 valence electrons. The minimum atomic E-state index is -0.411. The smallest absolute Gasteiger partial charge is 0.142 e. The Bertz CT molecular complexity index is 478. The maximum Gasteiger partial charge on any atom is 0.142 e. The Morgan fingerprint density at radius 1 is 1.33 bits per heavy atom. The van der Waals surface area contributed by atoms with Crippen molar-refractivity contribution >= 4 is 23.2 Å². The Morgan fingerprint density at radius 2 is 2.10 bits per heavy atom. The fraction of sp³-hybridized carbons (Fsp3) is 0.647.